The van der Waals surface area contributed by atoms with Crippen molar-refractivity contribution in [2.45, 2.75) is 45.7 Å². The van der Waals surface area contributed by atoms with Crippen molar-refractivity contribution in [3.05, 3.63) is 30.1 Å². The number of carboxylic acid groups (broad SMARTS) is 1. The van der Waals surface area contributed by atoms with Crippen LogP contribution in [0, 0.1) is 0 Å². The van der Waals surface area contributed by atoms with Gasteiger partial charge in [-0.3, -0.25) is 14.7 Å². The summed E-state index contributed by atoms with van der Waals surface area (Å²) in [5.41, 5.74) is 1.03. The van der Waals surface area contributed by atoms with E-state index < -0.39 is 5.97 Å². The average Bonchev–Trinajstić information content (AvgIpc) is 2.34. The van der Waals surface area contributed by atoms with Crippen molar-refractivity contribution in [1.29, 1.82) is 0 Å². The summed E-state index contributed by atoms with van der Waals surface area (Å²) in [6, 6.07) is 6.47. The number of hydrogen-bond acceptors (Lipinski definition) is 3. The van der Waals surface area contributed by atoms with Gasteiger partial charge in [0.1, 0.15) is 0 Å². The van der Waals surface area contributed by atoms with E-state index in [-0.39, 0.29) is 12.5 Å². The number of nitrogens with zero attached hydrogens (tertiary/aromatic N) is 2. The van der Waals surface area contributed by atoms with Crippen LogP contribution in [0.4, 0.5) is 0 Å². The van der Waals surface area contributed by atoms with Gasteiger partial charge in [0.15, 0.2) is 0 Å². The summed E-state index contributed by atoms with van der Waals surface area (Å²) in [6.07, 6.45) is 2.68. The first-order valence-electron chi connectivity index (χ1n) is 6.41. The second-order valence-corrected chi connectivity index (χ2v) is 4.76. The number of pyridine rings is 1. The van der Waals surface area contributed by atoms with Gasteiger partial charge in [-0.25, -0.2) is 0 Å². The van der Waals surface area contributed by atoms with E-state index in [2.05, 4.69) is 30.7 Å². The van der Waals surface area contributed by atoms with Crippen LogP contribution >= 0.6 is 0 Å². The van der Waals surface area contributed by atoms with Crippen LogP contribution in [0.5, 0.6) is 0 Å². The second kappa shape index (κ2) is 7.11. The quantitative estimate of drug-likeness (QED) is 0.808. The molecule has 0 saturated heterocycles. The third-order valence-corrected chi connectivity index (χ3v) is 3.08. The van der Waals surface area contributed by atoms with Crippen molar-refractivity contribution in [2.75, 3.05) is 6.54 Å². The molecule has 4 nitrogen and oxygen atoms in total. The molecule has 100 valence electrons. The van der Waals surface area contributed by atoms with E-state index in [1.54, 1.807) is 6.20 Å². The van der Waals surface area contributed by atoms with E-state index in [1.807, 2.05) is 18.2 Å². The molecular weight excluding hydrogens is 228 g/mol. The van der Waals surface area contributed by atoms with E-state index in [0.717, 1.165) is 12.2 Å². The third kappa shape index (κ3) is 4.45. The predicted molar refractivity (Wildman–Crippen MR) is 71.4 cm³/mol. The Bertz CT molecular complexity index is 365. The highest BCUT2D eigenvalue weighted by atomic mass is 16.4. The minimum absolute atomic E-state index is 0.208. The van der Waals surface area contributed by atoms with Gasteiger partial charge in [0, 0.05) is 24.7 Å². The summed E-state index contributed by atoms with van der Waals surface area (Å²) in [6.45, 7) is 7.14. The normalized spacial score (nSPS) is 12.9. The van der Waals surface area contributed by atoms with Gasteiger partial charge in [0.2, 0.25) is 0 Å². The van der Waals surface area contributed by atoms with Gasteiger partial charge < -0.3 is 5.11 Å². The van der Waals surface area contributed by atoms with Gasteiger partial charge in [-0.2, -0.15) is 0 Å². The standard InChI is InChI=1S/C14H22N2O2/c1-11(2)16(10-6-8-14(17)18)12(3)13-7-4-5-9-15-13/h4-5,7,9,11-12H,6,8,10H2,1-3H3,(H,17,18). The molecule has 1 atom stereocenters. The number of carbonyl (C=O) groups is 1. The lowest BCUT2D eigenvalue weighted by atomic mass is 10.1. The van der Waals surface area contributed by atoms with Crippen molar-refractivity contribution in [2.24, 2.45) is 0 Å². The zero-order valence-corrected chi connectivity index (χ0v) is 11.3. The zero-order valence-electron chi connectivity index (χ0n) is 11.3. The Labute approximate surface area is 109 Å². The smallest absolute Gasteiger partial charge is 0.303 e. The predicted octanol–water partition coefficient (Wildman–Crippen LogP) is 2.72. The molecule has 1 rings (SSSR count). The van der Waals surface area contributed by atoms with Crippen LogP contribution in [0.3, 0.4) is 0 Å². The molecule has 0 fully saturated rings. The monoisotopic (exact) mass is 250 g/mol. The molecule has 0 spiro atoms. The summed E-state index contributed by atoms with van der Waals surface area (Å²) < 4.78 is 0. The lowest BCUT2D eigenvalue weighted by Gasteiger charge is -2.32. The first kappa shape index (κ1) is 14.6. The van der Waals surface area contributed by atoms with E-state index in [0.29, 0.717) is 12.5 Å². The third-order valence-electron chi connectivity index (χ3n) is 3.08. The van der Waals surface area contributed by atoms with Crippen LogP contribution in [0.15, 0.2) is 24.4 Å². The Kier molecular flexibility index (Phi) is 5.78. The molecule has 1 N–H and O–H groups in total. The lowest BCUT2D eigenvalue weighted by Crippen LogP contribution is -2.35. The summed E-state index contributed by atoms with van der Waals surface area (Å²) in [4.78, 5) is 17.2. The van der Waals surface area contributed by atoms with Crippen LogP contribution in [-0.2, 0) is 4.79 Å². The van der Waals surface area contributed by atoms with E-state index in [1.165, 1.54) is 0 Å². The fourth-order valence-electron chi connectivity index (χ4n) is 2.10. The average molecular weight is 250 g/mol. The second-order valence-electron chi connectivity index (χ2n) is 4.76. The van der Waals surface area contributed by atoms with Crippen LogP contribution in [0.1, 0.15) is 45.3 Å². The molecule has 0 amide bonds. The molecule has 0 aliphatic carbocycles. The number of aliphatic carboxylic acids is 1. The Morgan fingerprint density at radius 1 is 1.39 bits per heavy atom. The van der Waals surface area contributed by atoms with Crippen LogP contribution in [0.25, 0.3) is 0 Å². The summed E-state index contributed by atoms with van der Waals surface area (Å²) in [5, 5.41) is 8.69. The van der Waals surface area contributed by atoms with Crippen molar-refractivity contribution in [1.82, 2.24) is 9.88 Å². The highest BCUT2D eigenvalue weighted by molar-refractivity contribution is 5.66. The Morgan fingerprint density at radius 3 is 2.61 bits per heavy atom. The van der Waals surface area contributed by atoms with Crippen molar-refractivity contribution in [3.8, 4) is 0 Å². The Morgan fingerprint density at radius 2 is 2.11 bits per heavy atom. The molecule has 1 aromatic rings. The highest BCUT2D eigenvalue weighted by Gasteiger charge is 2.19. The van der Waals surface area contributed by atoms with Gasteiger partial charge >= 0.3 is 5.97 Å². The molecule has 0 aliphatic rings. The summed E-state index contributed by atoms with van der Waals surface area (Å²) in [7, 11) is 0. The number of hydrogen-bond donors (Lipinski definition) is 1. The molecule has 18 heavy (non-hydrogen) atoms. The van der Waals surface area contributed by atoms with Crippen molar-refractivity contribution >= 4 is 5.97 Å². The first-order valence-corrected chi connectivity index (χ1v) is 6.41. The minimum Gasteiger partial charge on any atom is -0.481 e. The highest BCUT2D eigenvalue weighted by Crippen LogP contribution is 2.20. The summed E-state index contributed by atoms with van der Waals surface area (Å²) in [5.74, 6) is -0.732. The molecule has 1 aromatic heterocycles. The number of carboxylic acids is 1. The lowest BCUT2D eigenvalue weighted by molar-refractivity contribution is -0.137. The molecule has 1 unspecified atom stereocenters. The number of aromatic nitrogens is 1. The fraction of sp³-hybridized carbons (Fsp3) is 0.571. The van der Waals surface area contributed by atoms with E-state index in [4.69, 9.17) is 5.11 Å². The minimum atomic E-state index is -0.732. The molecule has 0 saturated carbocycles. The van der Waals surface area contributed by atoms with Gasteiger partial charge in [-0.1, -0.05) is 6.07 Å². The van der Waals surface area contributed by atoms with Gasteiger partial charge in [-0.15, -0.1) is 0 Å². The van der Waals surface area contributed by atoms with Crippen LogP contribution in [-0.4, -0.2) is 33.5 Å². The van der Waals surface area contributed by atoms with E-state index in [9.17, 15) is 4.79 Å². The van der Waals surface area contributed by atoms with E-state index >= 15 is 0 Å². The van der Waals surface area contributed by atoms with Crippen LogP contribution < -0.4 is 0 Å². The molecule has 0 aliphatic heterocycles. The molecule has 4 heteroatoms. The number of rotatable bonds is 7. The van der Waals surface area contributed by atoms with Crippen molar-refractivity contribution in [3.63, 3.8) is 0 Å². The first-order chi connectivity index (χ1) is 8.52. The summed E-state index contributed by atoms with van der Waals surface area (Å²) >= 11 is 0. The molecule has 0 bridgehead atoms. The molecule has 0 radical (unpaired) electrons. The topological polar surface area (TPSA) is 53.4 Å². The van der Waals surface area contributed by atoms with Crippen LogP contribution in [0.2, 0.25) is 0 Å². The van der Waals surface area contributed by atoms with Crippen molar-refractivity contribution < 1.29 is 9.90 Å². The fourth-order valence-corrected chi connectivity index (χ4v) is 2.10. The maximum Gasteiger partial charge on any atom is 0.303 e. The largest absolute Gasteiger partial charge is 0.481 e. The Hall–Kier alpha value is -1.42. The molecule has 1 heterocycles. The molecular formula is C14H22N2O2. The SMILES string of the molecule is CC(C)N(CCCC(=O)O)C(C)c1ccccn1. The van der Waals surface area contributed by atoms with Gasteiger partial charge in [0.25, 0.3) is 0 Å². The molecule has 0 aromatic carbocycles. The Balaban J connectivity index is 2.64. The van der Waals surface area contributed by atoms with Gasteiger partial charge in [0.05, 0.1) is 5.69 Å². The van der Waals surface area contributed by atoms with Gasteiger partial charge in [-0.05, 0) is 45.9 Å². The maximum atomic E-state index is 10.6. The maximum absolute atomic E-state index is 10.6. The zero-order chi connectivity index (χ0) is 13.5.